The van der Waals surface area contributed by atoms with Crippen molar-refractivity contribution < 1.29 is 14.7 Å². The van der Waals surface area contributed by atoms with Crippen molar-refractivity contribution in [2.24, 2.45) is 0 Å². The van der Waals surface area contributed by atoms with E-state index in [2.05, 4.69) is 15.9 Å². The summed E-state index contributed by atoms with van der Waals surface area (Å²) in [5.41, 5.74) is 0.532. The largest absolute Gasteiger partial charge is 0.480 e. The molecule has 0 aliphatic carbocycles. The first-order chi connectivity index (χ1) is 9.41. The van der Waals surface area contributed by atoms with Gasteiger partial charge in [-0.1, -0.05) is 0 Å². The second-order valence-corrected chi connectivity index (χ2v) is 7.04. The Bertz CT molecular complexity index is 530. The third-order valence-corrected chi connectivity index (χ3v) is 4.72. The van der Waals surface area contributed by atoms with Gasteiger partial charge in [0.15, 0.2) is 0 Å². The van der Waals surface area contributed by atoms with Gasteiger partial charge in [0.1, 0.15) is 11.7 Å². The van der Waals surface area contributed by atoms with Crippen LogP contribution in [0.1, 0.15) is 30.4 Å². The molecular weight excluding hydrogens is 344 g/mol. The number of amides is 1. The summed E-state index contributed by atoms with van der Waals surface area (Å²) in [4.78, 5) is 25.4. The van der Waals surface area contributed by atoms with Crippen molar-refractivity contribution in [1.82, 2.24) is 9.47 Å². The van der Waals surface area contributed by atoms with Gasteiger partial charge in [-0.3, -0.25) is 4.79 Å². The van der Waals surface area contributed by atoms with E-state index >= 15 is 0 Å². The van der Waals surface area contributed by atoms with Crippen molar-refractivity contribution in [2.75, 3.05) is 18.1 Å². The van der Waals surface area contributed by atoms with Crippen molar-refractivity contribution >= 4 is 39.6 Å². The molecule has 2 heterocycles. The van der Waals surface area contributed by atoms with Crippen LogP contribution >= 0.6 is 27.7 Å². The first kappa shape index (κ1) is 15.4. The van der Waals surface area contributed by atoms with E-state index in [-0.39, 0.29) is 11.9 Å². The molecule has 0 bridgehead atoms. The third-order valence-electron chi connectivity index (χ3n) is 3.27. The van der Waals surface area contributed by atoms with Crippen molar-refractivity contribution in [2.45, 2.75) is 25.9 Å². The summed E-state index contributed by atoms with van der Waals surface area (Å²) < 4.78 is 2.69. The highest BCUT2D eigenvalue weighted by Crippen LogP contribution is 2.24. The van der Waals surface area contributed by atoms with Crippen molar-refractivity contribution in [3.63, 3.8) is 0 Å². The quantitative estimate of drug-likeness (QED) is 0.899. The Hall–Kier alpha value is -0.950. The molecule has 1 amide bonds. The zero-order valence-corrected chi connectivity index (χ0v) is 13.8. The number of aliphatic carboxylic acids is 1. The summed E-state index contributed by atoms with van der Waals surface area (Å²) in [6.45, 7) is 4.45. The molecular formula is C13H17BrN2O3S. The predicted molar refractivity (Wildman–Crippen MR) is 82.3 cm³/mol. The van der Waals surface area contributed by atoms with Crippen LogP contribution in [0.3, 0.4) is 0 Å². The molecule has 1 N–H and O–H groups in total. The van der Waals surface area contributed by atoms with Gasteiger partial charge >= 0.3 is 5.97 Å². The Labute approximate surface area is 130 Å². The molecule has 1 aromatic rings. The number of carboxylic acid groups (broad SMARTS) is 1. The molecule has 0 aromatic carbocycles. The molecule has 1 aliphatic heterocycles. The molecule has 5 nitrogen and oxygen atoms in total. The van der Waals surface area contributed by atoms with Crippen LogP contribution in [0.15, 0.2) is 16.7 Å². The number of rotatable bonds is 3. The van der Waals surface area contributed by atoms with Crippen LogP contribution in [-0.4, -0.2) is 50.5 Å². The van der Waals surface area contributed by atoms with Gasteiger partial charge in [0, 0.05) is 34.8 Å². The molecule has 1 aromatic heterocycles. The number of hydrogen-bond acceptors (Lipinski definition) is 3. The van der Waals surface area contributed by atoms with Gasteiger partial charge in [-0.2, -0.15) is 11.8 Å². The van der Waals surface area contributed by atoms with Gasteiger partial charge in [0.25, 0.3) is 5.91 Å². The number of thioether (sulfide) groups is 1. The van der Waals surface area contributed by atoms with Crippen molar-refractivity contribution in [1.29, 1.82) is 0 Å². The molecule has 7 heteroatoms. The second kappa shape index (κ2) is 6.22. The fraction of sp³-hybridized carbons (Fsp3) is 0.538. The van der Waals surface area contributed by atoms with Crippen LogP contribution in [0.5, 0.6) is 0 Å². The molecule has 1 aliphatic rings. The Morgan fingerprint density at radius 1 is 1.50 bits per heavy atom. The number of hydrogen-bond donors (Lipinski definition) is 1. The topological polar surface area (TPSA) is 62.5 Å². The highest BCUT2D eigenvalue weighted by molar-refractivity contribution is 9.10. The standard InChI is InChI=1S/C13H17BrN2O3S/c1-8(2)16-6-9(14)5-10(16)12(17)15-3-4-20-7-11(15)13(18)19/h5-6,8,11H,3-4,7H2,1-2H3,(H,18,19). The lowest BCUT2D eigenvalue weighted by Crippen LogP contribution is -2.50. The van der Waals surface area contributed by atoms with E-state index in [1.54, 1.807) is 17.8 Å². The first-order valence-corrected chi connectivity index (χ1v) is 8.35. The average Bonchev–Trinajstić information content (AvgIpc) is 2.80. The maximum Gasteiger partial charge on any atom is 0.327 e. The monoisotopic (exact) mass is 360 g/mol. The minimum absolute atomic E-state index is 0.141. The fourth-order valence-electron chi connectivity index (χ4n) is 2.24. The molecule has 0 spiro atoms. The van der Waals surface area contributed by atoms with Crippen molar-refractivity contribution in [3.8, 4) is 0 Å². The number of nitrogens with zero attached hydrogens (tertiary/aromatic N) is 2. The Morgan fingerprint density at radius 2 is 2.20 bits per heavy atom. The fourth-order valence-corrected chi connectivity index (χ4v) is 3.72. The summed E-state index contributed by atoms with van der Waals surface area (Å²) in [5, 5.41) is 9.26. The Balaban J connectivity index is 2.32. The lowest BCUT2D eigenvalue weighted by molar-refractivity contribution is -0.141. The number of carbonyl (C=O) groups excluding carboxylic acids is 1. The minimum atomic E-state index is -0.938. The number of halogens is 1. The van der Waals surface area contributed by atoms with E-state index in [1.165, 1.54) is 4.90 Å². The van der Waals surface area contributed by atoms with Gasteiger partial charge in [-0.25, -0.2) is 4.79 Å². The Morgan fingerprint density at radius 3 is 2.80 bits per heavy atom. The lowest BCUT2D eigenvalue weighted by Gasteiger charge is -2.33. The lowest BCUT2D eigenvalue weighted by atomic mass is 10.2. The van der Waals surface area contributed by atoms with Gasteiger partial charge < -0.3 is 14.6 Å². The molecule has 1 fully saturated rings. The molecule has 110 valence electrons. The molecule has 2 rings (SSSR count). The van der Waals surface area contributed by atoms with E-state index in [1.807, 2.05) is 24.6 Å². The van der Waals surface area contributed by atoms with E-state index in [0.29, 0.717) is 18.0 Å². The average molecular weight is 361 g/mol. The number of carbonyl (C=O) groups is 2. The maximum atomic E-state index is 12.7. The normalized spacial score (nSPS) is 19.4. The number of carboxylic acids is 1. The SMILES string of the molecule is CC(C)n1cc(Br)cc1C(=O)N1CCSCC1C(=O)O. The molecule has 0 saturated carbocycles. The molecule has 1 atom stereocenters. The van der Waals surface area contributed by atoms with Crippen molar-refractivity contribution in [3.05, 3.63) is 22.4 Å². The van der Waals surface area contributed by atoms with E-state index < -0.39 is 12.0 Å². The molecule has 1 saturated heterocycles. The second-order valence-electron chi connectivity index (χ2n) is 4.97. The molecule has 0 radical (unpaired) electrons. The van der Waals surface area contributed by atoms with Crippen LogP contribution in [0, 0.1) is 0 Å². The number of aromatic nitrogens is 1. The predicted octanol–water partition coefficient (Wildman–Crippen LogP) is 2.47. The summed E-state index contributed by atoms with van der Waals surface area (Å²) in [6.07, 6.45) is 1.85. The highest BCUT2D eigenvalue weighted by Gasteiger charge is 2.34. The molecule has 1 unspecified atom stereocenters. The van der Waals surface area contributed by atoms with Crippen LogP contribution in [-0.2, 0) is 4.79 Å². The minimum Gasteiger partial charge on any atom is -0.480 e. The van der Waals surface area contributed by atoms with Gasteiger partial charge in [0.2, 0.25) is 0 Å². The smallest absolute Gasteiger partial charge is 0.327 e. The zero-order chi connectivity index (χ0) is 14.9. The highest BCUT2D eigenvalue weighted by atomic mass is 79.9. The van der Waals surface area contributed by atoms with Crippen LogP contribution in [0.2, 0.25) is 0 Å². The van der Waals surface area contributed by atoms with E-state index in [0.717, 1.165) is 10.2 Å². The Kier molecular flexibility index (Phi) is 4.80. The van der Waals surface area contributed by atoms with Gasteiger partial charge in [-0.15, -0.1) is 0 Å². The summed E-state index contributed by atoms with van der Waals surface area (Å²) in [7, 11) is 0. The van der Waals surface area contributed by atoms with E-state index in [9.17, 15) is 14.7 Å². The van der Waals surface area contributed by atoms with Crippen LogP contribution in [0.25, 0.3) is 0 Å². The third kappa shape index (κ3) is 3.03. The van der Waals surface area contributed by atoms with Gasteiger partial charge in [-0.05, 0) is 35.8 Å². The van der Waals surface area contributed by atoms with Gasteiger partial charge in [0.05, 0.1) is 0 Å². The summed E-state index contributed by atoms with van der Waals surface area (Å²) >= 11 is 4.95. The van der Waals surface area contributed by atoms with Crippen LogP contribution < -0.4 is 0 Å². The zero-order valence-electron chi connectivity index (χ0n) is 11.4. The van der Waals surface area contributed by atoms with E-state index in [4.69, 9.17) is 0 Å². The first-order valence-electron chi connectivity index (χ1n) is 6.40. The summed E-state index contributed by atoms with van der Waals surface area (Å²) in [6, 6.07) is 1.15. The maximum absolute atomic E-state index is 12.7. The van der Waals surface area contributed by atoms with Crippen LogP contribution in [0.4, 0.5) is 0 Å². The molecule has 20 heavy (non-hydrogen) atoms. The summed E-state index contributed by atoms with van der Waals surface area (Å²) in [5.74, 6) is 0.0772.